The van der Waals surface area contributed by atoms with Crippen molar-refractivity contribution in [1.82, 2.24) is 0 Å². The molecule has 0 saturated heterocycles. The van der Waals surface area contributed by atoms with Crippen LogP contribution in [0.25, 0.3) is 0 Å². The van der Waals surface area contributed by atoms with E-state index in [0.29, 0.717) is 5.92 Å². The largest absolute Gasteiger partial charge is 0.873 e. The molecule has 0 saturated carbocycles. The fourth-order valence-corrected chi connectivity index (χ4v) is 0.708. The van der Waals surface area contributed by atoms with Crippen molar-refractivity contribution < 1.29 is 5.11 Å². The third-order valence-corrected chi connectivity index (χ3v) is 1.28. The Morgan fingerprint density at radius 2 is 2.50 bits per heavy atom. The van der Waals surface area contributed by atoms with Crippen LogP contribution in [0.5, 0.6) is 0 Å². The summed E-state index contributed by atoms with van der Waals surface area (Å²) in [6.07, 6.45) is 6.22. The molecule has 0 radical (unpaired) electrons. The van der Waals surface area contributed by atoms with Gasteiger partial charge in [0.25, 0.3) is 0 Å². The Morgan fingerprint density at radius 3 is 2.88 bits per heavy atom. The SMILES string of the molecule is CC1C=CC([O-])=CC1. The molecule has 0 heterocycles. The second-order valence-electron chi connectivity index (χ2n) is 2.18. The summed E-state index contributed by atoms with van der Waals surface area (Å²) in [4.78, 5) is 0. The summed E-state index contributed by atoms with van der Waals surface area (Å²) in [5.41, 5.74) is 0. The first-order valence-electron chi connectivity index (χ1n) is 2.84. The highest BCUT2D eigenvalue weighted by molar-refractivity contribution is 5.14. The maximum Gasteiger partial charge on any atom is -0.0225 e. The predicted molar refractivity (Wildman–Crippen MR) is 31.0 cm³/mol. The lowest BCUT2D eigenvalue weighted by Gasteiger charge is -2.13. The van der Waals surface area contributed by atoms with Gasteiger partial charge in [0.15, 0.2) is 0 Å². The molecule has 1 aliphatic carbocycles. The molecule has 0 aromatic rings. The van der Waals surface area contributed by atoms with Gasteiger partial charge >= 0.3 is 0 Å². The lowest BCUT2D eigenvalue weighted by molar-refractivity contribution is -0.295. The Hall–Kier alpha value is -0.720. The Kier molecular flexibility index (Phi) is 1.38. The molecule has 1 aliphatic rings. The summed E-state index contributed by atoms with van der Waals surface area (Å²) in [6.45, 7) is 2.10. The maximum atomic E-state index is 10.5. The van der Waals surface area contributed by atoms with Crippen LogP contribution in [0.1, 0.15) is 13.3 Å². The molecule has 0 fully saturated rings. The molecule has 0 spiro atoms. The number of hydrogen-bond donors (Lipinski definition) is 0. The van der Waals surface area contributed by atoms with Crippen molar-refractivity contribution in [3.05, 3.63) is 24.0 Å². The topological polar surface area (TPSA) is 23.1 Å². The summed E-state index contributed by atoms with van der Waals surface area (Å²) in [7, 11) is 0. The average molecular weight is 109 g/mol. The van der Waals surface area contributed by atoms with Gasteiger partial charge in [0.2, 0.25) is 0 Å². The third kappa shape index (κ3) is 1.12. The zero-order valence-electron chi connectivity index (χ0n) is 4.92. The molecular formula is C7H9O-. The first-order chi connectivity index (χ1) is 3.79. The molecule has 1 nitrogen and oxygen atoms in total. The second kappa shape index (κ2) is 2.03. The van der Waals surface area contributed by atoms with E-state index in [0.717, 1.165) is 6.42 Å². The van der Waals surface area contributed by atoms with Gasteiger partial charge in [-0.3, -0.25) is 0 Å². The Bertz CT molecular complexity index is 133. The van der Waals surface area contributed by atoms with E-state index in [-0.39, 0.29) is 5.76 Å². The van der Waals surface area contributed by atoms with Crippen LogP contribution >= 0.6 is 0 Å². The van der Waals surface area contributed by atoms with Gasteiger partial charge in [0.1, 0.15) is 0 Å². The van der Waals surface area contributed by atoms with Gasteiger partial charge in [0.05, 0.1) is 0 Å². The number of hydrogen-bond acceptors (Lipinski definition) is 1. The minimum atomic E-state index is 0.156. The van der Waals surface area contributed by atoms with Crippen LogP contribution in [0.2, 0.25) is 0 Å². The van der Waals surface area contributed by atoms with E-state index in [2.05, 4.69) is 6.92 Å². The highest BCUT2D eigenvalue weighted by Gasteiger charge is 1.95. The Labute approximate surface area is 49.3 Å². The normalized spacial score (nSPS) is 27.6. The van der Waals surface area contributed by atoms with E-state index in [1.165, 1.54) is 0 Å². The second-order valence-corrected chi connectivity index (χ2v) is 2.18. The lowest BCUT2D eigenvalue weighted by atomic mass is 10.0. The van der Waals surface area contributed by atoms with Crippen LogP contribution in [-0.2, 0) is 0 Å². The molecule has 44 valence electrons. The molecule has 1 atom stereocenters. The molecule has 0 amide bonds. The number of allylic oxidation sites excluding steroid dienone is 3. The molecule has 0 bridgehead atoms. The van der Waals surface area contributed by atoms with Gasteiger partial charge in [-0.2, -0.15) is 0 Å². The van der Waals surface area contributed by atoms with Crippen LogP contribution in [-0.4, -0.2) is 0 Å². The highest BCUT2D eigenvalue weighted by Crippen LogP contribution is 2.11. The van der Waals surface area contributed by atoms with Crippen molar-refractivity contribution >= 4 is 0 Å². The maximum absolute atomic E-state index is 10.5. The summed E-state index contributed by atoms with van der Waals surface area (Å²) in [6, 6.07) is 0. The molecule has 1 rings (SSSR count). The first-order valence-corrected chi connectivity index (χ1v) is 2.84. The van der Waals surface area contributed by atoms with E-state index in [1.54, 1.807) is 12.2 Å². The standard InChI is InChI=1S/C7H10O/c1-6-2-4-7(8)5-3-6/h2,4-6,8H,3H2,1H3/p-1. The zero-order chi connectivity index (χ0) is 5.98. The lowest BCUT2D eigenvalue weighted by Crippen LogP contribution is -2.04. The fraction of sp³-hybridized carbons (Fsp3) is 0.429. The summed E-state index contributed by atoms with van der Waals surface area (Å²) < 4.78 is 0. The van der Waals surface area contributed by atoms with Crippen molar-refractivity contribution in [3.8, 4) is 0 Å². The van der Waals surface area contributed by atoms with Crippen molar-refractivity contribution in [2.24, 2.45) is 5.92 Å². The Balaban J connectivity index is 2.58. The van der Waals surface area contributed by atoms with E-state index in [9.17, 15) is 5.11 Å². The summed E-state index contributed by atoms with van der Waals surface area (Å²) in [5.74, 6) is 0.718. The summed E-state index contributed by atoms with van der Waals surface area (Å²) >= 11 is 0. The third-order valence-electron chi connectivity index (χ3n) is 1.28. The van der Waals surface area contributed by atoms with E-state index < -0.39 is 0 Å². The van der Waals surface area contributed by atoms with E-state index >= 15 is 0 Å². The Morgan fingerprint density at radius 1 is 1.75 bits per heavy atom. The minimum Gasteiger partial charge on any atom is -0.873 e. The molecule has 0 aromatic heterocycles. The molecule has 0 aromatic carbocycles. The van der Waals surface area contributed by atoms with E-state index in [4.69, 9.17) is 0 Å². The van der Waals surface area contributed by atoms with Crippen molar-refractivity contribution in [2.45, 2.75) is 13.3 Å². The smallest absolute Gasteiger partial charge is 0.0225 e. The molecule has 1 heteroatoms. The highest BCUT2D eigenvalue weighted by atomic mass is 16.3. The first kappa shape index (κ1) is 5.42. The van der Waals surface area contributed by atoms with E-state index in [1.807, 2.05) is 6.08 Å². The molecule has 8 heavy (non-hydrogen) atoms. The van der Waals surface area contributed by atoms with Crippen LogP contribution in [0.4, 0.5) is 0 Å². The van der Waals surface area contributed by atoms with Crippen molar-refractivity contribution in [1.29, 1.82) is 0 Å². The van der Waals surface area contributed by atoms with Gasteiger partial charge in [-0.1, -0.05) is 25.2 Å². The van der Waals surface area contributed by atoms with Gasteiger partial charge in [-0.25, -0.2) is 0 Å². The van der Waals surface area contributed by atoms with Crippen molar-refractivity contribution in [3.63, 3.8) is 0 Å². The fourth-order valence-electron chi connectivity index (χ4n) is 0.708. The molecule has 0 aliphatic heterocycles. The monoisotopic (exact) mass is 109 g/mol. The van der Waals surface area contributed by atoms with Gasteiger partial charge in [-0.15, -0.1) is 5.76 Å². The van der Waals surface area contributed by atoms with Crippen LogP contribution < -0.4 is 5.11 Å². The predicted octanol–water partition coefficient (Wildman–Crippen LogP) is 0.827. The average Bonchev–Trinajstić information content (AvgIpc) is 1.77. The van der Waals surface area contributed by atoms with Crippen LogP contribution in [0.15, 0.2) is 24.0 Å². The number of rotatable bonds is 0. The van der Waals surface area contributed by atoms with Gasteiger partial charge in [0, 0.05) is 0 Å². The zero-order valence-corrected chi connectivity index (χ0v) is 4.92. The molecule has 1 unspecified atom stereocenters. The van der Waals surface area contributed by atoms with Crippen LogP contribution in [0, 0.1) is 5.92 Å². The van der Waals surface area contributed by atoms with Gasteiger partial charge in [-0.05, 0) is 12.3 Å². The molecule has 0 N–H and O–H groups in total. The quantitative estimate of drug-likeness (QED) is 0.451. The molecular weight excluding hydrogens is 100 g/mol. The summed E-state index contributed by atoms with van der Waals surface area (Å²) in [5, 5.41) is 10.5. The van der Waals surface area contributed by atoms with Crippen LogP contribution in [0.3, 0.4) is 0 Å². The minimum absolute atomic E-state index is 0.156. The van der Waals surface area contributed by atoms with Crippen molar-refractivity contribution in [2.75, 3.05) is 0 Å². The van der Waals surface area contributed by atoms with Gasteiger partial charge < -0.3 is 5.11 Å².